The maximum Gasteiger partial charge on any atom is 0.422 e. The van der Waals surface area contributed by atoms with Gasteiger partial charge in [-0.2, -0.15) is 13.2 Å². The molecule has 2 aromatic carbocycles. The lowest BCUT2D eigenvalue weighted by atomic mass is 10.2. The first-order chi connectivity index (χ1) is 17.8. The Morgan fingerprint density at radius 1 is 1.00 bits per heavy atom. The highest BCUT2D eigenvalue weighted by Crippen LogP contribution is 2.33. The molecule has 1 aliphatic rings. The van der Waals surface area contributed by atoms with Crippen LogP contribution in [0.5, 0.6) is 0 Å². The molecule has 2 aromatic rings. The Morgan fingerprint density at radius 3 is 2.26 bits per heavy atom. The van der Waals surface area contributed by atoms with Gasteiger partial charge in [-0.3, -0.25) is 9.69 Å². The number of nitrogens with zero attached hydrogens (tertiary/aromatic N) is 2. The lowest BCUT2D eigenvalue weighted by molar-refractivity contribution is -0.159. The number of para-hydroxylation sites is 2. The Morgan fingerprint density at radius 2 is 1.63 bits per heavy atom. The number of hydrogen-bond acceptors (Lipinski definition) is 6. The summed E-state index contributed by atoms with van der Waals surface area (Å²) in [6, 6.07) is 14.2. The highest BCUT2D eigenvalue weighted by atomic mass is 19.4. The molecule has 9 nitrogen and oxygen atoms in total. The fourth-order valence-corrected chi connectivity index (χ4v) is 3.69. The van der Waals surface area contributed by atoms with E-state index in [1.807, 2.05) is 30.3 Å². The smallest absolute Gasteiger partial charge is 0.422 e. The Balaban J connectivity index is 1.86. The van der Waals surface area contributed by atoms with Gasteiger partial charge in [-0.15, -0.1) is 0 Å². The van der Waals surface area contributed by atoms with Crippen molar-refractivity contribution in [3.63, 3.8) is 0 Å². The summed E-state index contributed by atoms with van der Waals surface area (Å²) in [6.45, 7) is 3.05. The third-order valence-corrected chi connectivity index (χ3v) is 5.23. The van der Waals surface area contributed by atoms with Gasteiger partial charge in [-0.1, -0.05) is 42.5 Å². The quantitative estimate of drug-likeness (QED) is 0.517. The molecule has 3 amide bonds. The highest BCUT2D eigenvalue weighted by Gasteiger charge is 2.39. The standard InChI is InChI=1S/C26H30F3N3O6/c1-25(2,3)38-23(34)30-19-15-32(24(35)37-17-26(27,28)29)21-12-8-7-11-20(21)31(22(19)33)13-14-36-16-18-9-5-4-6-10-18/h4-12,19H,13-17H2,1-3H3,(H,30,34)/t19-/m0/s1. The molecule has 0 aliphatic carbocycles. The summed E-state index contributed by atoms with van der Waals surface area (Å²) in [5.74, 6) is -0.599. The van der Waals surface area contributed by atoms with Gasteiger partial charge >= 0.3 is 18.4 Å². The summed E-state index contributed by atoms with van der Waals surface area (Å²) in [5.41, 5.74) is 0.442. The number of rotatable bonds is 7. The van der Waals surface area contributed by atoms with Crippen molar-refractivity contribution in [2.75, 3.05) is 36.1 Å². The molecule has 0 saturated carbocycles. The molecule has 0 saturated heterocycles. The van der Waals surface area contributed by atoms with E-state index in [1.54, 1.807) is 39.0 Å². The molecule has 206 valence electrons. The molecule has 0 unspecified atom stereocenters. The molecule has 1 N–H and O–H groups in total. The number of fused-ring (bicyclic) bond motifs is 1. The number of hydrogen-bond donors (Lipinski definition) is 1. The van der Waals surface area contributed by atoms with Gasteiger partial charge in [0.25, 0.3) is 5.91 Å². The second-order valence-electron chi connectivity index (χ2n) is 9.50. The van der Waals surface area contributed by atoms with Gasteiger partial charge in [0.15, 0.2) is 6.61 Å². The van der Waals surface area contributed by atoms with Crippen LogP contribution in [0.4, 0.5) is 34.1 Å². The maximum atomic E-state index is 13.6. The lowest BCUT2D eigenvalue weighted by Gasteiger charge is -2.26. The van der Waals surface area contributed by atoms with Crippen molar-refractivity contribution in [3.8, 4) is 0 Å². The van der Waals surface area contributed by atoms with E-state index < -0.39 is 49.1 Å². The summed E-state index contributed by atoms with van der Waals surface area (Å²) in [7, 11) is 0. The largest absolute Gasteiger partial charge is 0.444 e. The van der Waals surface area contributed by atoms with Crippen molar-refractivity contribution in [2.24, 2.45) is 0 Å². The normalized spacial score (nSPS) is 15.9. The van der Waals surface area contributed by atoms with E-state index in [9.17, 15) is 27.6 Å². The van der Waals surface area contributed by atoms with Crippen LogP contribution in [0.2, 0.25) is 0 Å². The Hall–Kier alpha value is -3.80. The van der Waals surface area contributed by atoms with Crippen molar-refractivity contribution in [2.45, 2.75) is 45.2 Å². The molecule has 0 bridgehead atoms. The number of halogens is 3. The van der Waals surface area contributed by atoms with Crippen LogP contribution in [0.3, 0.4) is 0 Å². The fourth-order valence-electron chi connectivity index (χ4n) is 3.69. The lowest BCUT2D eigenvalue weighted by Crippen LogP contribution is -2.54. The second kappa shape index (κ2) is 12.2. The number of anilines is 2. The van der Waals surface area contributed by atoms with E-state index in [0.717, 1.165) is 10.5 Å². The average Bonchev–Trinajstić information content (AvgIpc) is 2.94. The number of nitrogens with one attached hydrogen (secondary N) is 1. The van der Waals surface area contributed by atoms with Crippen LogP contribution >= 0.6 is 0 Å². The molecule has 38 heavy (non-hydrogen) atoms. The third kappa shape index (κ3) is 8.37. The highest BCUT2D eigenvalue weighted by molar-refractivity contribution is 6.06. The predicted octanol–water partition coefficient (Wildman–Crippen LogP) is 4.65. The molecule has 1 aliphatic heterocycles. The van der Waals surface area contributed by atoms with Gasteiger partial charge in [0.05, 0.1) is 31.1 Å². The minimum Gasteiger partial charge on any atom is -0.444 e. The molecule has 3 rings (SSSR count). The van der Waals surface area contributed by atoms with Crippen LogP contribution in [-0.4, -0.2) is 62.2 Å². The first-order valence-electron chi connectivity index (χ1n) is 11.9. The average molecular weight is 538 g/mol. The molecule has 12 heteroatoms. The monoisotopic (exact) mass is 537 g/mol. The van der Waals surface area contributed by atoms with Crippen molar-refractivity contribution in [3.05, 3.63) is 60.2 Å². The zero-order valence-corrected chi connectivity index (χ0v) is 21.3. The van der Waals surface area contributed by atoms with Crippen LogP contribution < -0.4 is 15.1 Å². The third-order valence-electron chi connectivity index (χ3n) is 5.23. The van der Waals surface area contributed by atoms with Gasteiger partial charge in [-0.25, -0.2) is 9.59 Å². The summed E-state index contributed by atoms with van der Waals surface area (Å²) in [5, 5.41) is 2.44. The van der Waals surface area contributed by atoms with E-state index in [1.165, 1.54) is 11.0 Å². The Kier molecular flexibility index (Phi) is 9.21. The molecule has 0 fully saturated rings. The number of carbonyl (C=O) groups excluding carboxylic acids is 3. The van der Waals surface area contributed by atoms with Crippen LogP contribution in [0.25, 0.3) is 0 Å². The Bertz CT molecular complexity index is 1120. The van der Waals surface area contributed by atoms with E-state index in [2.05, 4.69) is 10.1 Å². The zero-order chi connectivity index (χ0) is 27.9. The minimum atomic E-state index is -4.74. The summed E-state index contributed by atoms with van der Waals surface area (Å²) >= 11 is 0. The van der Waals surface area contributed by atoms with Crippen molar-refractivity contribution in [1.29, 1.82) is 0 Å². The van der Waals surface area contributed by atoms with Gasteiger partial charge in [0.1, 0.15) is 11.6 Å². The Labute approximate surface area is 218 Å². The van der Waals surface area contributed by atoms with Gasteiger partial charge < -0.3 is 24.4 Å². The molecule has 1 heterocycles. The molecular weight excluding hydrogens is 507 g/mol. The van der Waals surface area contributed by atoms with E-state index in [4.69, 9.17) is 9.47 Å². The van der Waals surface area contributed by atoms with Crippen molar-refractivity contribution >= 4 is 29.5 Å². The SMILES string of the molecule is CC(C)(C)OC(=O)N[C@H]1CN(C(=O)OCC(F)(F)F)c2ccccc2N(CCOCc2ccccc2)C1=O. The number of carbonyl (C=O) groups is 3. The number of ether oxygens (including phenoxy) is 3. The molecule has 0 aromatic heterocycles. The molecule has 0 radical (unpaired) electrons. The first kappa shape index (κ1) is 28.8. The summed E-state index contributed by atoms with van der Waals surface area (Å²) in [4.78, 5) is 41.1. The van der Waals surface area contributed by atoms with Gasteiger partial charge in [0.2, 0.25) is 0 Å². The zero-order valence-electron chi connectivity index (χ0n) is 21.3. The summed E-state index contributed by atoms with van der Waals surface area (Å²) in [6.07, 6.45) is -6.99. The van der Waals surface area contributed by atoms with Crippen LogP contribution in [0.1, 0.15) is 26.3 Å². The molecular formula is C26H30F3N3O6. The number of benzene rings is 2. The van der Waals surface area contributed by atoms with Crippen LogP contribution in [0.15, 0.2) is 54.6 Å². The predicted molar refractivity (Wildman–Crippen MR) is 133 cm³/mol. The maximum absolute atomic E-state index is 13.6. The van der Waals surface area contributed by atoms with E-state index in [-0.39, 0.29) is 24.5 Å². The van der Waals surface area contributed by atoms with Crippen molar-refractivity contribution < 1.29 is 41.8 Å². The second-order valence-corrected chi connectivity index (χ2v) is 9.50. The molecule has 1 atom stereocenters. The van der Waals surface area contributed by atoms with Crippen LogP contribution in [0, 0.1) is 0 Å². The van der Waals surface area contributed by atoms with E-state index >= 15 is 0 Å². The van der Waals surface area contributed by atoms with Crippen LogP contribution in [-0.2, 0) is 25.6 Å². The minimum absolute atomic E-state index is 0.0423. The first-order valence-corrected chi connectivity index (χ1v) is 11.9. The topological polar surface area (TPSA) is 97.4 Å². The fraction of sp³-hybridized carbons (Fsp3) is 0.423. The van der Waals surface area contributed by atoms with Crippen molar-refractivity contribution in [1.82, 2.24) is 5.32 Å². The van der Waals surface area contributed by atoms with Gasteiger partial charge in [0, 0.05) is 6.54 Å². The van der Waals surface area contributed by atoms with E-state index in [0.29, 0.717) is 6.61 Å². The molecule has 0 spiro atoms. The summed E-state index contributed by atoms with van der Waals surface area (Å²) < 4.78 is 53.7. The number of alkyl carbamates (subject to hydrolysis) is 1. The van der Waals surface area contributed by atoms with Gasteiger partial charge in [-0.05, 0) is 38.5 Å². The number of alkyl halides is 3. The number of amides is 3.